The Morgan fingerprint density at radius 3 is 2.48 bits per heavy atom. The highest BCUT2D eigenvalue weighted by Gasteiger charge is 2.18. The molecule has 2 amide bonds. The Hall–Kier alpha value is -2.25. The van der Waals surface area contributed by atoms with E-state index in [4.69, 9.17) is 0 Å². The van der Waals surface area contributed by atoms with Gasteiger partial charge in [-0.25, -0.2) is 4.39 Å². The fraction of sp³-hybridized carbons (Fsp3) is 0.250. The monoisotopic (exact) mass is 336 g/mol. The molecule has 23 heavy (non-hydrogen) atoms. The van der Waals surface area contributed by atoms with Gasteiger partial charge in [-0.05, 0) is 29.1 Å². The predicted octanol–water partition coefficient (Wildman–Crippen LogP) is 0.402. The molecule has 5 nitrogen and oxygen atoms in total. The fourth-order valence-electron chi connectivity index (χ4n) is 2.09. The maximum Gasteiger partial charge on any atom is 0.275 e. The molecule has 1 aromatic heterocycles. The highest BCUT2D eigenvalue weighted by Crippen LogP contribution is 2.26. The number of hydrogen-bond donors (Lipinski definition) is 3. The lowest BCUT2D eigenvalue weighted by atomic mass is 10.1. The number of rotatable bonds is 7. The molecule has 0 spiro atoms. The van der Waals surface area contributed by atoms with Crippen molar-refractivity contribution in [1.29, 1.82) is 0 Å². The van der Waals surface area contributed by atoms with E-state index in [-0.39, 0.29) is 36.8 Å². The maximum absolute atomic E-state index is 13.1. The van der Waals surface area contributed by atoms with Crippen LogP contribution in [-0.2, 0) is 9.59 Å². The Balaban J connectivity index is 2.02. The Labute approximate surface area is 137 Å². The van der Waals surface area contributed by atoms with E-state index in [1.807, 2.05) is 17.5 Å². The van der Waals surface area contributed by atoms with Crippen LogP contribution in [0, 0.1) is 5.82 Å². The number of nitrogens with two attached hydrogens (primary N) is 1. The van der Waals surface area contributed by atoms with E-state index in [9.17, 15) is 14.0 Å². The number of nitrogens with one attached hydrogen (secondary N) is 2. The number of amides is 2. The summed E-state index contributed by atoms with van der Waals surface area (Å²) in [6, 6.07) is 9.58. The van der Waals surface area contributed by atoms with Crippen molar-refractivity contribution in [2.24, 2.45) is 0 Å². The zero-order chi connectivity index (χ0) is 16.7. The zero-order valence-corrected chi connectivity index (χ0v) is 13.5. The molecule has 1 heterocycles. The Kier molecular flexibility index (Phi) is 6.25. The molecule has 0 unspecified atom stereocenters. The summed E-state index contributed by atoms with van der Waals surface area (Å²) in [5, 5.41) is 8.99. The third kappa shape index (κ3) is 5.15. The number of halogens is 1. The number of carbonyl (C=O) groups is 2. The normalized spacial score (nSPS) is 11.7. The van der Waals surface area contributed by atoms with Crippen LogP contribution in [0.4, 0.5) is 4.39 Å². The minimum Gasteiger partial charge on any atom is -0.354 e. The molecule has 0 aliphatic heterocycles. The molecule has 0 aliphatic rings. The summed E-state index contributed by atoms with van der Waals surface area (Å²) in [4.78, 5) is 24.2. The first-order valence-corrected chi connectivity index (χ1v) is 8.08. The molecule has 2 rings (SSSR count). The van der Waals surface area contributed by atoms with Gasteiger partial charge in [0, 0.05) is 11.9 Å². The number of likely N-dealkylation sites (N-methyl/N-ethyl adjacent to an activating group) is 1. The average molecular weight is 336 g/mol. The van der Waals surface area contributed by atoms with Crippen molar-refractivity contribution >= 4 is 23.2 Å². The van der Waals surface area contributed by atoms with Crippen LogP contribution >= 0.6 is 11.3 Å². The van der Waals surface area contributed by atoms with Crippen molar-refractivity contribution in [3.05, 3.63) is 58.0 Å². The van der Waals surface area contributed by atoms with Gasteiger partial charge in [-0.15, -0.1) is 11.3 Å². The van der Waals surface area contributed by atoms with E-state index in [0.717, 1.165) is 10.4 Å². The van der Waals surface area contributed by atoms with Crippen LogP contribution in [0.5, 0.6) is 0 Å². The van der Waals surface area contributed by atoms with Crippen LogP contribution in [0.2, 0.25) is 0 Å². The van der Waals surface area contributed by atoms with Crippen LogP contribution < -0.4 is 16.0 Å². The quantitative estimate of drug-likeness (QED) is 0.685. The summed E-state index contributed by atoms with van der Waals surface area (Å²) in [5.74, 6) is -0.633. The summed E-state index contributed by atoms with van der Waals surface area (Å²) in [6.45, 7) is 0.348. The van der Waals surface area contributed by atoms with Gasteiger partial charge in [0.15, 0.2) is 13.1 Å². The van der Waals surface area contributed by atoms with Crippen molar-refractivity contribution in [3.63, 3.8) is 0 Å². The van der Waals surface area contributed by atoms with E-state index in [1.165, 1.54) is 23.5 Å². The third-order valence-corrected chi connectivity index (χ3v) is 4.21. The topological polar surface area (TPSA) is 74.8 Å². The highest BCUT2D eigenvalue weighted by molar-refractivity contribution is 7.10. The first kappa shape index (κ1) is 17.1. The second-order valence-corrected chi connectivity index (χ2v) is 5.92. The van der Waals surface area contributed by atoms with Crippen molar-refractivity contribution in [1.82, 2.24) is 10.6 Å². The zero-order valence-electron chi connectivity index (χ0n) is 12.7. The summed E-state index contributed by atoms with van der Waals surface area (Å²) in [6.07, 6.45) is 0. The largest absolute Gasteiger partial charge is 0.354 e. The minimum atomic E-state index is -0.323. The van der Waals surface area contributed by atoms with Crippen LogP contribution in [0.15, 0.2) is 41.8 Å². The Morgan fingerprint density at radius 1 is 1.17 bits per heavy atom. The van der Waals surface area contributed by atoms with E-state index in [2.05, 4.69) is 10.6 Å². The maximum atomic E-state index is 13.1. The Morgan fingerprint density at radius 2 is 1.87 bits per heavy atom. The lowest BCUT2D eigenvalue weighted by Crippen LogP contribution is -2.88. The number of hydrogen-bond acceptors (Lipinski definition) is 3. The molecule has 0 radical (unpaired) electrons. The SMILES string of the molecule is CNC(=O)C[NH2+]CC(=O)N[C@H](c1ccc(F)cc1)c1cccs1. The lowest BCUT2D eigenvalue weighted by molar-refractivity contribution is -0.633. The highest BCUT2D eigenvalue weighted by atomic mass is 32.1. The van der Waals surface area contributed by atoms with E-state index in [1.54, 1.807) is 24.5 Å². The number of quaternary nitrogens is 1. The van der Waals surface area contributed by atoms with Gasteiger partial charge >= 0.3 is 0 Å². The van der Waals surface area contributed by atoms with Crippen LogP contribution in [0.3, 0.4) is 0 Å². The molecule has 0 fully saturated rings. The van der Waals surface area contributed by atoms with Gasteiger partial charge in [0.2, 0.25) is 0 Å². The molecule has 0 saturated carbocycles. The molecule has 1 atom stereocenters. The van der Waals surface area contributed by atoms with Gasteiger partial charge in [0.05, 0.1) is 6.04 Å². The third-order valence-electron chi connectivity index (χ3n) is 3.27. The Bertz CT molecular complexity index is 644. The molecule has 2 aromatic rings. The molecule has 4 N–H and O–H groups in total. The number of thiophene rings is 1. The second-order valence-electron chi connectivity index (χ2n) is 4.94. The van der Waals surface area contributed by atoms with Crippen molar-refractivity contribution < 1.29 is 19.3 Å². The molecule has 0 bridgehead atoms. The smallest absolute Gasteiger partial charge is 0.275 e. The van der Waals surface area contributed by atoms with Crippen molar-refractivity contribution in [3.8, 4) is 0 Å². The summed E-state index contributed by atoms with van der Waals surface area (Å²) in [5.41, 5.74) is 0.813. The van der Waals surface area contributed by atoms with E-state index >= 15 is 0 Å². The van der Waals surface area contributed by atoms with Crippen LogP contribution in [-0.4, -0.2) is 32.0 Å². The van der Waals surface area contributed by atoms with E-state index in [0.29, 0.717) is 0 Å². The standard InChI is InChI=1S/C16H18FN3O2S/c1-18-14(21)9-19-10-15(22)20-16(13-3-2-8-23-13)11-4-6-12(17)7-5-11/h2-8,16,19H,9-10H2,1H3,(H,18,21)(H,20,22)/p+1/t16-/m1/s1. The van der Waals surface area contributed by atoms with Gasteiger partial charge in [0.25, 0.3) is 11.8 Å². The molecule has 0 aliphatic carbocycles. The first-order valence-electron chi connectivity index (χ1n) is 7.20. The average Bonchev–Trinajstić information content (AvgIpc) is 3.07. The molecule has 1 aromatic carbocycles. The van der Waals surface area contributed by atoms with Gasteiger partial charge in [-0.3, -0.25) is 9.59 Å². The van der Waals surface area contributed by atoms with Gasteiger partial charge < -0.3 is 16.0 Å². The minimum absolute atomic E-state index is 0.133. The van der Waals surface area contributed by atoms with Gasteiger partial charge in [-0.2, -0.15) is 0 Å². The molecule has 0 saturated heterocycles. The first-order chi connectivity index (χ1) is 11.1. The molecular formula is C16H19FN3O2S+. The fourth-order valence-corrected chi connectivity index (χ4v) is 2.89. The van der Waals surface area contributed by atoms with Crippen LogP contribution in [0.25, 0.3) is 0 Å². The van der Waals surface area contributed by atoms with Crippen molar-refractivity contribution in [2.45, 2.75) is 6.04 Å². The van der Waals surface area contributed by atoms with Gasteiger partial charge in [0.1, 0.15) is 5.82 Å². The van der Waals surface area contributed by atoms with E-state index < -0.39 is 0 Å². The number of benzene rings is 1. The summed E-state index contributed by atoms with van der Waals surface area (Å²) < 4.78 is 13.1. The molecular weight excluding hydrogens is 317 g/mol. The second kappa shape index (κ2) is 8.40. The van der Waals surface area contributed by atoms with Crippen molar-refractivity contribution in [2.75, 3.05) is 20.1 Å². The molecule has 122 valence electrons. The van der Waals surface area contributed by atoms with Gasteiger partial charge in [-0.1, -0.05) is 18.2 Å². The summed E-state index contributed by atoms with van der Waals surface area (Å²) >= 11 is 1.52. The van der Waals surface area contributed by atoms with Crippen LogP contribution in [0.1, 0.15) is 16.5 Å². The molecule has 7 heteroatoms. The summed E-state index contributed by atoms with van der Waals surface area (Å²) in [7, 11) is 1.55. The lowest BCUT2D eigenvalue weighted by Gasteiger charge is -2.17. The predicted molar refractivity (Wildman–Crippen MR) is 86.4 cm³/mol. The number of carbonyl (C=O) groups excluding carboxylic acids is 2.